The van der Waals surface area contributed by atoms with Crippen LogP contribution in [0, 0.1) is 11.8 Å². The SMILES string of the molecule is O[C@@H]1CC[C@H]1NN1CC2CCCC2C1. The van der Waals surface area contributed by atoms with Crippen molar-refractivity contribution >= 4 is 0 Å². The first-order valence-electron chi connectivity index (χ1n) is 6.02. The summed E-state index contributed by atoms with van der Waals surface area (Å²) in [7, 11) is 0. The molecule has 2 aliphatic carbocycles. The van der Waals surface area contributed by atoms with Crippen LogP contribution in [0.5, 0.6) is 0 Å². The summed E-state index contributed by atoms with van der Waals surface area (Å²) in [5.74, 6) is 1.89. The molecule has 14 heavy (non-hydrogen) atoms. The average molecular weight is 196 g/mol. The first-order valence-corrected chi connectivity index (χ1v) is 6.02. The molecule has 0 radical (unpaired) electrons. The van der Waals surface area contributed by atoms with E-state index in [9.17, 15) is 5.11 Å². The molecule has 3 rings (SSSR count). The Labute approximate surface area is 85.4 Å². The molecule has 0 spiro atoms. The summed E-state index contributed by atoms with van der Waals surface area (Å²) in [6.07, 6.45) is 6.34. The highest BCUT2D eigenvalue weighted by Gasteiger charge is 2.38. The van der Waals surface area contributed by atoms with Crippen LogP contribution in [0.15, 0.2) is 0 Å². The molecule has 3 aliphatic rings. The van der Waals surface area contributed by atoms with E-state index >= 15 is 0 Å². The van der Waals surface area contributed by atoms with E-state index in [1.807, 2.05) is 0 Å². The monoisotopic (exact) mass is 196 g/mol. The summed E-state index contributed by atoms with van der Waals surface area (Å²) in [6.45, 7) is 2.43. The molecule has 0 aromatic carbocycles. The van der Waals surface area contributed by atoms with Gasteiger partial charge in [0.2, 0.25) is 0 Å². The van der Waals surface area contributed by atoms with Gasteiger partial charge in [-0.25, -0.2) is 10.4 Å². The van der Waals surface area contributed by atoms with Crippen LogP contribution >= 0.6 is 0 Å². The molecule has 80 valence electrons. The van der Waals surface area contributed by atoms with Gasteiger partial charge >= 0.3 is 0 Å². The van der Waals surface area contributed by atoms with Crippen molar-refractivity contribution in [1.29, 1.82) is 0 Å². The Hall–Kier alpha value is -0.120. The smallest absolute Gasteiger partial charge is 0.0707 e. The van der Waals surface area contributed by atoms with Crippen LogP contribution in [0.1, 0.15) is 32.1 Å². The lowest BCUT2D eigenvalue weighted by molar-refractivity contribution is 0.00789. The van der Waals surface area contributed by atoms with Crippen molar-refractivity contribution in [1.82, 2.24) is 10.4 Å². The van der Waals surface area contributed by atoms with Crippen molar-refractivity contribution in [3.8, 4) is 0 Å². The number of hydrazine groups is 1. The third-order valence-corrected chi connectivity index (χ3v) is 4.31. The van der Waals surface area contributed by atoms with Crippen molar-refractivity contribution in [3.05, 3.63) is 0 Å². The Balaban J connectivity index is 1.51. The lowest BCUT2D eigenvalue weighted by Gasteiger charge is -2.36. The number of nitrogens with one attached hydrogen (secondary N) is 1. The summed E-state index contributed by atoms with van der Waals surface area (Å²) in [6, 6.07) is 0.355. The van der Waals surface area contributed by atoms with Gasteiger partial charge in [-0.1, -0.05) is 6.42 Å². The van der Waals surface area contributed by atoms with Crippen LogP contribution in [-0.2, 0) is 0 Å². The molecule has 2 unspecified atom stereocenters. The minimum absolute atomic E-state index is 0.0876. The van der Waals surface area contributed by atoms with Crippen LogP contribution in [0.2, 0.25) is 0 Å². The summed E-state index contributed by atoms with van der Waals surface area (Å²) < 4.78 is 0. The molecule has 1 heterocycles. The van der Waals surface area contributed by atoms with Crippen LogP contribution < -0.4 is 5.43 Å². The van der Waals surface area contributed by atoms with Gasteiger partial charge in [-0.05, 0) is 37.5 Å². The number of fused-ring (bicyclic) bond motifs is 1. The number of aliphatic hydroxyl groups excluding tert-OH is 1. The van der Waals surface area contributed by atoms with Crippen LogP contribution in [0.25, 0.3) is 0 Å². The van der Waals surface area contributed by atoms with Gasteiger partial charge in [-0.2, -0.15) is 0 Å². The molecule has 0 amide bonds. The van der Waals surface area contributed by atoms with Gasteiger partial charge in [-0.3, -0.25) is 0 Å². The van der Waals surface area contributed by atoms with Gasteiger partial charge in [0, 0.05) is 19.1 Å². The third kappa shape index (κ3) is 1.47. The molecule has 3 heteroatoms. The number of hydrogen-bond donors (Lipinski definition) is 2. The van der Waals surface area contributed by atoms with Crippen molar-refractivity contribution < 1.29 is 5.11 Å². The molecule has 1 aliphatic heterocycles. The number of rotatable bonds is 2. The topological polar surface area (TPSA) is 35.5 Å². The third-order valence-electron chi connectivity index (χ3n) is 4.31. The Kier molecular flexibility index (Phi) is 2.26. The Morgan fingerprint density at radius 3 is 2.21 bits per heavy atom. The second-order valence-corrected chi connectivity index (χ2v) is 5.24. The molecule has 2 N–H and O–H groups in total. The van der Waals surface area contributed by atoms with E-state index in [0.717, 1.165) is 24.7 Å². The summed E-state index contributed by atoms with van der Waals surface area (Å²) in [5, 5.41) is 11.8. The van der Waals surface area contributed by atoms with E-state index in [0.29, 0.717) is 6.04 Å². The first-order chi connectivity index (χ1) is 6.83. The highest BCUT2D eigenvalue weighted by Crippen LogP contribution is 2.37. The second kappa shape index (κ2) is 3.47. The Morgan fingerprint density at radius 2 is 1.71 bits per heavy atom. The largest absolute Gasteiger partial charge is 0.391 e. The molecular weight excluding hydrogens is 176 g/mol. The fraction of sp³-hybridized carbons (Fsp3) is 1.00. The standard InChI is InChI=1S/C11H20N2O/c14-11-5-4-10(11)12-13-6-8-2-1-3-9(8)7-13/h8-12,14H,1-7H2/t8?,9?,10-,11-/m1/s1. The first kappa shape index (κ1) is 9.13. The maximum atomic E-state index is 9.48. The Bertz CT molecular complexity index is 209. The van der Waals surface area contributed by atoms with Crippen molar-refractivity contribution in [3.63, 3.8) is 0 Å². The summed E-state index contributed by atoms with van der Waals surface area (Å²) in [5.41, 5.74) is 3.48. The van der Waals surface area contributed by atoms with Crippen LogP contribution in [-0.4, -0.2) is 35.4 Å². The molecule has 3 nitrogen and oxygen atoms in total. The lowest BCUT2D eigenvalue weighted by atomic mass is 9.90. The molecule has 3 fully saturated rings. The molecule has 1 saturated heterocycles. The molecule has 0 bridgehead atoms. The number of hydrogen-bond acceptors (Lipinski definition) is 3. The minimum atomic E-state index is -0.0876. The van der Waals surface area contributed by atoms with Crippen molar-refractivity contribution in [2.45, 2.75) is 44.2 Å². The van der Waals surface area contributed by atoms with Gasteiger partial charge in [0.15, 0.2) is 0 Å². The van der Waals surface area contributed by atoms with E-state index in [1.165, 1.54) is 32.4 Å². The van der Waals surface area contributed by atoms with E-state index in [2.05, 4.69) is 10.4 Å². The summed E-state index contributed by atoms with van der Waals surface area (Å²) >= 11 is 0. The van der Waals surface area contributed by atoms with E-state index in [4.69, 9.17) is 0 Å². The number of nitrogens with zero attached hydrogens (tertiary/aromatic N) is 1. The van der Waals surface area contributed by atoms with Gasteiger partial charge < -0.3 is 5.11 Å². The maximum absolute atomic E-state index is 9.48. The van der Waals surface area contributed by atoms with E-state index in [-0.39, 0.29) is 6.10 Å². The molecule has 4 atom stereocenters. The zero-order valence-corrected chi connectivity index (χ0v) is 8.65. The van der Waals surface area contributed by atoms with Crippen molar-refractivity contribution in [2.24, 2.45) is 11.8 Å². The fourth-order valence-electron chi connectivity index (χ4n) is 3.21. The highest BCUT2D eigenvalue weighted by atomic mass is 16.3. The average Bonchev–Trinajstić information content (AvgIpc) is 2.71. The van der Waals surface area contributed by atoms with Gasteiger partial charge in [0.05, 0.1) is 6.10 Å². The zero-order valence-electron chi connectivity index (χ0n) is 8.65. The van der Waals surface area contributed by atoms with E-state index in [1.54, 1.807) is 0 Å². The highest BCUT2D eigenvalue weighted by molar-refractivity contribution is 4.91. The molecule has 0 aromatic rings. The predicted molar refractivity (Wildman–Crippen MR) is 54.6 cm³/mol. The molecule has 0 aromatic heterocycles. The molecular formula is C11H20N2O. The van der Waals surface area contributed by atoms with Crippen LogP contribution in [0.4, 0.5) is 0 Å². The lowest BCUT2D eigenvalue weighted by Crippen LogP contribution is -2.54. The summed E-state index contributed by atoms with van der Waals surface area (Å²) in [4.78, 5) is 0. The second-order valence-electron chi connectivity index (χ2n) is 5.24. The van der Waals surface area contributed by atoms with Crippen molar-refractivity contribution in [2.75, 3.05) is 13.1 Å². The van der Waals surface area contributed by atoms with Gasteiger partial charge in [0.25, 0.3) is 0 Å². The normalized spacial score (nSPS) is 47.8. The van der Waals surface area contributed by atoms with Crippen LogP contribution in [0.3, 0.4) is 0 Å². The number of aliphatic hydroxyl groups is 1. The minimum Gasteiger partial charge on any atom is -0.391 e. The Morgan fingerprint density at radius 1 is 1.00 bits per heavy atom. The molecule has 2 saturated carbocycles. The fourth-order valence-corrected chi connectivity index (χ4v) is 3.21. The van der Waals surface area contributed by atoms with E-state index < -0.39 is 0 Å². The maximum Gasteiger partial charge on any atom is 0.0707 e. The van der Waals surface area contributed by atoms with Gasteiger partial charge in [-0.15, -0.1) is 0 Å². The zero-order chi connectivity index (χ0) is 9.54. The quantitative estimate of drug-likeness (QED) is 0.684. The predicted octanol–water partition coefficient (Wildman–Crippen LogP) is 0.746. The van der Waals surface area contributed by atoms with Gasteiger partial charge in [0.1, 0.15) is 0 Å².